The van der Waals surface area contributed by atoms with Gasteiger partial charge < -0.3 is 22.9 Å². The van der Waals surface area contributed by atoms with E-state index in [1.54, 1.807) is 0 Å². The Morgan fingerprint density at radius 2 is 1.20 bits per heavy atom. The topological polar surface area (TPSA) is 154 Å². The SMILES string of the molecule is Cl.Cl.NC(N)=N/N=C/c1cccc(/C=N/N=C(N)N)c1. The number of nitrogens with zero attached hydrogens (tertiary/aromatic N) is 4. The minimum Gasteiger partial charge on any atom is -0.369 e. The van der Waals surface area contributed by atoms with Crippen molar-refractivity contribution in [2.24, 2.45) is 43.3 Å². The number of hydrogen-bond donors (Lipinski definition) is 4. The average molecular weight is 319 g/mol. The van der Waals surface area contributed by atoms with E-state index < -0.39 is 0 Å². The van der Waals surface area contributed by atoms with Crippen LogP contribution in [-0.2, 0) is 0 Å². The van der Waals surface area contributed by atoms with E-state index in [0.29, 0.717) is 0 Å². The van der Waals surface area contributed by atoms with Crippen LogP contribution in [0, 0.1) is 0 Å². The van der Waals surface area contributed by atoms with E-state index in [0.717, 1.165) is 11.1 Å². The van der Waals surface area contributed by atoms with Gasteiger partial charge in [0.15, 0.2) is 0 Å². The van der Waals surface area contributed by atoms with E-state index in [1.807, 2.05) is 24.3 Å². The van der Waals surface area contributed by atoms with Crippen LogP contribution in [0.1, 0.15) is 11.1 Å². The summed E-state index contributed by atoms with van der Waals surface area (Å²) in [6.07, 6.45) is 3.02. The van der Waals surface area contributed by atoms with E-state index in [1.165, 1.54) is 12.4 Å². The smallest absolute Gasteiger partial charge is 0.211 e. The Balaban J connectivity index is 0. The van der Waals surface area contributed by atoms with Crippen molar-refractivity contribution in [2.45, 2.75) is 0 Å². The maximum atomic E-state index is 5.13. The number of guanidine groups is 2. The molecule has 0 saturated heterocycles. The molecule has 1 rings (SSSR count). The van der Waals surface area contributed by atoms with Crippen LogP contribution in [0.2, 0.25) is 0 Å². The van der Waals surface area contributed by atoms with Gasteiger partial charge in [-0.3, -0.25) is 0 Å². The van der Waals surface area contributed by atoms with Gasteiger partial charge in [0.25, 0.3) is 0 Å². The third-order valence-electron chi connectivity index (χ3n) is 1.67. The van der Waals surface area contributed by atoms with Crippen LogP contribution < -0.4 is 22.9 Å². The van der Waals surface area contributed by atoms with Gasteiger partial charge in [0, 0.05) is 0 Å². The number of nitrogens with two attached hydrogens (primary N) is 4. The summed E-state index contributed by atoms with van der Waals surface area (Å²) >= 11 is 0. The quantitative estimate of drug-likeness (QED) is 0.343. The fourth-order valence-corrected chi connectivity index (χ4v) is 1.04. The number of benzene rings is 1. The molecule has 0 heterocycles. The van der Waals surface area contributed by atoms with E-state index in [4.69, 9.17) is 22.9 Å². The Kier molecular flexibility index (Phi) is 10.6. The van der Waals surface area contributed by atoms with Crippen molar-refractivity contribution >= 4 is 49.2 Å². The second kappa shape index (κ2) is 10.6. The molecule has 8 nitrogen and oxygen atoms in total. The summed E-state index contributed by atoms with van der Waals surface area (Å²) < 4.78 is 0. The Labute approximate surface area is 128 Å². The molecule has 0 aromatic heterocycles. The lowest BCUT2D eigenvalue weighted by Gasteiger charge is -1.94. The van der Waals surface area contributed by atoms with Crippen molar-refractivity contribution in [3.05, 3.63) is 35.4 Å². The van der Waals surface area contributed by atoms with Gasteiger partial charge in [0.2, 0.25) is 11.9 Å². The Morgan fingerprint density at radius 1 is 0.800 bits per heavy atom. The monoisotopic (exact) mass is 318 g/mol. The Hall–Kier alpha value is -2.32. The van der Waals surface area contributed by atoms with Crippen LogP contribution in [0.25, 0.3) is 0 Å². The summed E-state index contributed by atoms with van der Waals surface area (Å²) in [4.78, 5) is 0. The second-order valence-electron chi connectivity index (χ2n) is 3.21. The number of rotatable bonds is 4. The molecule has 0 fully saturated rings. The first-order valence-electron chi connectivity index (χ1n) is 4.92. The van der Waals surface area contributed by atoms with E-state index in [-0.39, 0.29) is 36.7 Å². The highest BCUT2D eigenvalue weighted by atomic mass is 35.5. The maximum absolute atomic E-state index is 5.13. The molecule has 0 atom stereocenters. The molecule has 20 heavy (non-hydrogen) atoms. The lowest BCUT2D eigenvalue weighted by Crippen LogP contribution is -2.21. The van der Waals surface area contributed by atoms with Gasteiger partial charge in [-0.2, -0.15) is 10.2 Å². The van der Waals surface area contributed by atoms with Crippen LogP contribution in [0.5, 0.6) is 0 Å². The zero-order valence-electron chi connectivity index (χ0n) is 10.4. The largest absolute Gasteiger partial charge is 0.369 e. The van der Waals surface area contributed by atoms with Crippen LogP contribution in [0.3, 0.4) is 0 Å². The van der Waals surface area contributed by atoms with Gasteiger partial charge in [-0.15, -0.1) is 35.0 Å². The third-order valence-corrected chi connectivity index (χ3v) is 1.67. The lowest BCUT2D eigenvalue weighted by molar-refractivity contribution is 1.21. The third kappa shape index (κ3) is 8.72. The minimum absolute atomic E-state index is 0. The average Bonchev–Trinajstić information content (AvgIpc) is 2.28. The fourth-order valence-electron chi connectivity index (χ4n) is 1.04. The summed E-state index contributed by atoms with van der Waals surface area (Å²) in [5.41, 5.74) is 22.2. The molecule has 1 aromatic carbocycles. The molecule has 110 valence electrons. The molecule has 10 heteroatoms. The molecular formula is C10H16Cl2N8. The Bertz CT molecular complexity index is 472. The second-order valence-corrected chi connectivity index (χ2v) is 3.21. The van der Waals surface area contributed by atoms with Crippen LogP contribution >= 0.6 is 24.8 Å². The molecule has 0 unspecified atom stereocenters. The highest BCUT2D eigenvalue weighted by Crippen LogP contribution is 2.01. The molecule has 0 aliphatic heterocycles. The van der Waals surface area contributed by atoms with Gasteiger partial charge in [0.05, 0.1) is 12.4 Å². The zero-order chi connectivity index (χ0) is 13.4. The fraction of sp³-hybridized carbons (Fsp3) is 0. The van der Waals surface area contributed by atoms with Gasteiger partial charge in [0.1, 0.15) is 0 Å². The maximum Gasteiger partial charge on any atom is 0.211 e. The highest BCUT2D eigenvalue weighted by Gasteiger charge is 1.90. The van der Waals surface area contributed by atoms with Crippen molar-refractivity contribution in [2.75, 3.05) is 0 Å². The minimum atomic E-state index is -0.100. The molecule has 0 amide bonds. The van der Waals surface area contributed by atoms with Crippen molar-refractivity contribution < 1.29 is 0 Å². The zero-order valence-corrected chi connectivity index (χ0v) is 12.0. The predicted molar refractivity (Wildman–Crippen MR) is 87.7 cm³/mol. The molecule has 0 spiro atoms. The number of hydrogen-bond acceptors (Lipinski definition) is 4. The summed E-state index contributed by atoms with van der Waals surface area (Å²) in [6.45, 7) is 0. The standard InChI is InChI=1S/C10H14N8.2ClH/c11-9(12)17-15-5-7-2-1-3-8(4-7)6-16-18-10(13)14;;/h1-6H,(H4,11,12,17)(H4,13,14,18);2*1H/b15-5+,16-6+;;. The van der Waals surface area contributed by atoms with Gasteiger partial charge in [-0.05, 0) is 17.2 Å². The molecule has 0 aliphatic rings. The van der Waals surface area contributed by atoms with E-state index in [2.05, 4.69) is 20.4 Å². The van der Waals surface area contributed by atoms with Gasteiger partial charge in [-0.1, -0.05) is 18.2 Å². The molecular weight excluding hydrogens is 303 g/mol. The summed E-state index contributed by atoms with van der Waals surface area (Å²) in [5.74, 6) is -0.201. The first kappa shape index (κ1) is 20.0. The molecule has 0 radical (unpaired) electrons. The normalized spacial score (nSPS) is 9.60. The van der Waals surface area contributed by atoms with Crippen molar-refractivity contribution in [3.8, 4) is 0 Å². The van der Waals surface area contributed by atoms with Crippen LogP contribution in [0.15, 0.2) is 44.7 Å². The van der Waals surface area contributed by atoms with Crippen molar-refractivity contribution in [1.29, 1.82) is 0 Å². The van der Waals surface area contributed by atoms with Gasteiger partial charge in [-0.25, -0.2) is 0 Å². The van der Waals surface area contributed by atoms with Crippen LogP contribution in [0.4, 0.5) is 0 Å². The molecule has 0 aliphatic carbocycles. The molecule has 1 aromatic rings. The summed E-state index contributed by atoms with van der Waals surface area (Å²) in [6, 6.07) is 7.32. The lowest BCUT2D eigenvalue weighted by atomic mass is 10.1. The predicted octanol–water partition coefficient (Wildman–Crippen LogP) is -0.255. The van der Waals surface area contributed by atoms with Crippen molar-refractivity contribution in [3.63, 3.8) is 0 Å². The van der Waals surface area contributed by atoms with Crippen LogP contribution in [-0.4, -0.2) is 24.3 Å². The van der Waals surface area contributed by atoms with E-state index >= 15 is 0 Å². The Morgan fingerprint density at radius 3 is 1.55 bits per heavy atom. The molecule has 0 saturated carbocycles. The van der Waals surface area contributed by atoms with E-state index in [9.17, 15) is 0 Å². The first-order chi connectivity index (χ1) is 8.58. The first-order valence-corrected chi connectivity index (χ1v) is 4.92. The van der Waals surface area contributed by atoms with Crippen molar-refractivity contribution in [1.82, 2.24) is 0 Å². The highest BCUT2D eigenvalue weighted by molar-refractivity contribution is 5.87. The summed E-state index contributed by atoms with van der Waals surface area (Å²) in [7, 11) is 0. The summed E-state index contributed by atoms with van der Waals surface area (Å²) in [5, 5.41) is 14.4. The molecule has 0 bridgehead atoms. The molecule has 8 N–H and O–H groups in total. The number of halogens is 2. The van der Waals surface area contributed by atoms with Gasteiger partial charge >= 0.3 is 0 Å².